The smallest absolute Gasteiger partial charge is 0.0295 e. The van der Waals surface area contributed by atoms with Crippen LogP contribution in [0.15, 0.2) is 122 Å². The van der Waals surface area contributed by atoms with Gasteiger partial charge in [-0.2, -0.15) is 0 Å². The van der Waals surface area contributed by atoms with Crippen molar-refractivity contribution in [3.8, 4) is 11.1 Å². The third-order valence-electron chi connectivity index (χ3n) is 8.96. The highest BCUT2D eigenvalue weighted by atomic mass is 14.5. The second-order valence-corrected chi connectivity index (χ2v) is 11.7. The van der Waals surface area contributed by atoms with Gasteiger partial charge in [-0.25, -0.2) is 0 Å². The maximum absolute atomic E-state index is 3.96. The molecule has 6 rings (SSSR count). The summed E-state index contributed by atoms with van der Waals surface area (Å²) in [7, 11) is 0. The van der Waals surface area contributed by atoms with Crippen LogP contribution in [0.25, 0.3) is 23.3 Å². The number of hydrogen-bond donors (Lipinski definition) is 0. The van der Waals surface area contributed by atoms with E-state index in [4.69, 9.17) is 0 Å². The Balaban J connectivity index is 1.46. The summed E-state index contributed by atoms with van der Waals surface area (Å²) in [6.45, 7) is 12.3. The molecular formula is C41H38. The van der Waals surface area contributed by atoms with Crippen LogP contribution in [0.5, 0.6) is 0 Å². The summed E-state index contributed by atoms with van der Waals surface area (Å²) in [5.41, 5.74) is 16.1. The molecule has 0 atom stereocenters. The molecule has 5 aromatic carbocycles. The highest BCUT2D eigenvalue weighted by Gasteiger charge is 2.43. The molecular weight excluding hydrogens is 492 g/mol. The van der Waals surface area contributed by atoms with Gasteiger partial charge in [0.1, 0.15) is 0 Å². The van der Waals surface area contributed by atoms with Crippen molar-refractivity contribution >= 4 is 12.2 Å². The Morgan fingerprint density at radius 1 is 0.561 bits per heavy atom. The average Bonchev–Trinajstić information content (AvgIpc) is 3.27. The summed E-state index contributed by atoms with van der Waals surface area (Å²) < 4.78 is 0. The number of benzene rings is 5. The van der Waals surface area contributed by atoms with E-state index in [-0.39, 0.29) is 5.41 Å². The van der Waals surface area contributed by atoms with Crippen LogP contribution < -0.4 is 0 Å². The Kier molecular flexibility index (Phi) is 7.33. The van der Waals surface area contributed by atoms with Crippen molar-refractivity contribution in [2.75, 3.05) is 0 Å². The van der Waals surface area contributed by atoms with Gasteiger partial charge in [0.15, 0.2) is 0 Å². The van der Waals surface area contributed by atoms with Crippen molar-refractivity contribution in [2.24, 2.45) is 0 Å². The standard InChI is InChI=1S/C41H38/c1-5-31-13-17-34(18-14-31)27-41(28-35-19-15-32(6-2)16-20-35)39-10-8-7-9-37(39)38-24-22-33(26-40(38)41)21-23-36-25-29(3)11-12-30(36)4/h5-20,22,24-26H,1-2,21,23,27-28H2,3-4H3. The fourth-order valence-corrected chi connectivity index (χ4v) is 6.69. The largest absolute Gasteiger partial charge is 0.0985 e. The molecule has 0 unspecified atom stereocenters. The van der Waals surface area contributed by atoms with Crippen molar-refractivity contribution in [3.63, 3.8) is 0 Å². The molecule has 0 fully saturated rings. The molecule has 0 aromatic heterocycles. The SMILES string of the molecule is C=Cc1ccc(CC2(Cc3ccc(C=C)cc3)c3ccccc3-c3ccc(CCc4cc(C)ccc4C)cc32)cc1. The van der Waals surface area contributed by atoms with E-state index in [9.17, 15) is 0 Å². The van der Waals surface area contributed by atoms with Crippen LogP contribution in [0, 0.1) is 13.8 Å². The molecule has 0 N–H and O–H groups in total. The lowest BCUT2D eigenvalue weighted by Gasteiger charge is -2.33. The molecule has 0 saturated carbocycles. The molecule has 0 bridgehead atoms. The van der Waals surface area contributed by atoms with E-state index < -0.39 is 0 Å². The van der Waals surface area contributed by atoms with Gasteiger partial charge < -0.3 is 0 Å². The Labute approximate surface area is 245 Å². The van der Waals surface area contributed by atoms with E-state index in [0.717, 1.165) is 36.8 Å². The van der Waals surface area contributed by atoms with Gasteiger partial charge in [-0.3, -0.25) is 0 Å². The molecule has 1 aliphatic carbocycles. The first-order valence-corrected chi connectivity index (χ1v) is 14.7. The normalized spacial score (nSPS) is 12.9. The van der Waals surface area contributed by atoms with E-state index >= 15 is 0 Å². The Bertz CT molecular complexity index is 1660. The zero-order valence-electron chi connectivity index (χ0n) is 24.3. The molecule has 0 amide bonds. The Morgan fingerprint density at radius 3 is 1.78 bits per heavy atom. The zero-order valence-corrected chi connectivity index (χ0v) is 24.3. The van der Waals surface area contributed by atoms with Crippen LogP contribution in [-0.4, -0.2) is 0 Å². The third kappa shape index (κ3) is 5.23. The first-order chi connectivity index (χ1) is 20.0. The van der Waals surface area contributed by atoms with Gasteiger partial charge >= 0.3 is 0 Å². The van der Waals surface area contributed by atoms with E-state index in [1.54, 1.807) is 0 Å². The predicted molar refractivity (Wildman–Crippen MR) is 176 cm³/mol. The monoisotopic (exact) mass is 530 g/mol. The number of hydrogen-bond acceptors (Lipinski definition) is 0. The minimum Gasteiger partial charge on any atom is -0.0985 e. The summed E-state index contributed by atoms with van der Waals surface area (Å²) in [4.78, 5) is 0. The van der Waals surface area contributed by atoms with Gasteiger partial charge in [0.25, 0.3) is 0 Å². The van der Waals surface area contributed by atoms with Crippen LogP contribution in [-0.2, 0) is 31.1 Å². The maximum atomic E-state index is 3.96. The molecule has 0 radical (unpaired) electrons. The summed E-state index contributed by atoms with van der Waals surface area (Å²) >= 11 is 0. The maximum Gasteiger partial charge on any atom is 0.0295 e. The summed E-state index contributed by atoms with van der Waals surface area (Å²) in [5, 5.41) is 0. The van der Waals surface area contributed by atoms with Crippen LogP contribution in [0.3, 0.4) is 0 Å². The summed E-state index contributed by atoms with van der Waals surface area (Å²) in [6.07, 6.45) is 7.81. The molecule has 0 nitrogen and oxygen atoms in total. The number of fused-ring (bicyclic) bond motifs is 3. The van der Waals surface area contributed by atoms with Gasteiger partial charge in [0, 0.05) is 5.41 Å². The Hall–Kier alpha value is -4.42. The van der Waals surface area contributed by atoms with Crippen LogP contribution >= 0.6 is 0 Å². The van der Waals surface area contributed by atoms with E-state index in [1.165, 1.54) is 55.6 Å². The minimum atomic E-state index is -0.160. The van der Waals surface area contributed by atoms with Crippen molar-refractivity contribution in [2.45, 2.75) is 44.9 Å². The fraction of sp³-hybridized carbons (Fsp3) is 0.171. The molecule has 0 heteroatoms. The zero-order chi connectivity index (χ0) is 28.4. The molecule has 5 aromatic rings. The van der Waals surface area contributed by atoms with Crippen molar-refractivity contribution in [1.29, 1.82) is 0 Å². The van der Waals surface area contributed by atoms with Crippen molar-refractivity contribution in [3.05, 3.63) is 178 Å². The van der Waals surface area contributed by atoms with E-state index in [2.05, 4.69) is 136 Å². The second-order valence-electron chi connectivity index (χ2n) is 11.7. The lowest BCUT2D eigenvalue weighted by Crippen LogP contribution is -2.31. The van der Waals surface area contributed by atoms with Crippen LogP contribution in [0.1, 0.15) is 55.6 Å². The van der Waals surface area contributed by atoms with Gasteiger partial charge in [0.05, 0.1) is 0 Å². The molecule has 0 spiro atoms. The first-order valence-electron chi connectivity index (χ1n) is 14.7. The van der Waals surface area contributed by atoms with Gasteiger partial charge in [0.2, 0.25) is 0 Å². The second kappa shape index (κ2) is 11.2. The van der Waals surface area contributed by atoms with Gasteiger partial charge in [-0.05, 0) is 101 Å². The average molecular weight is 531 g/mol. The first kappa shape index (κ1) is 26.8. The molecule has 202 valence electrons. The van der Waals surface area contributed by atoms with Gasteiger partial charge in [-0.15, -0.1) is 0 Å². The third-order valence-corrected chi connectivity index (χ3v) is 8.96. The molecule has 0 saturated heterocycles. The quantitative estimate of drug-likeness (QED) is 0.178. The summed E-state index contributed by atoms with van der Waals surface area (Å²) in [5.74, 6) is 0. The highest BCUT2D eigenvalue weighted by Crippen LogP contribution is 2.52. The van der Waals surface area contributed by atoms with Crippen LogP contribution in [0.4, 0.5) is 0 Å². The number of aryl methyl sites for hydroxylation is 4. The van der Waals surface area contributed by atoms with Crippen molar-refractivity contribution in [1.82, 2.24) is 0 Å². The number of rotatable bonds is 9. The lowest BCUT2D eigenvalue weighted by molar-refractivity contribution is 0.519. The fourth-order valence-electron chi connectivity index (χ4n) is 6.69. The van der Waals surface area contributed by atoms with Gasteiger partial charge in [-0.1, -0.05) is 140 Å². The molecule has 41 heavy (non-hydrogen) atoms. The van der Waals surface area contributed by atoms with E-state index in [1.807, 2.05) is 12.2 Å². The molecule has 0 heterocycles. The van der Waals surface area contributed by atoms with Crippen molar-refractivity contribution < 1.29 is 0 Å². The summed E-state index contributed by atoms with van der Waals surface area (Å²) in [6, 6.07) is 41.0. The lowest BCUT2D eigenvalue weighted by atomic mass is 9.69. The highest BCUT2D eigenvalue weighted by molar-refractivity contribution is 5.82. The van der Waals surface area contributed by atoms with Crippen LogP contribution in [0.2, 0.25) is 0 Å². The topological polar surface area (TPSA) is 0 Å². The molecule has 1 aliphatic rings. The van der Waals surface area contributed by atoms with E-state index in [0.29, 0.717) is 0 Å². The Morgan fingerprint density at radius 2 is 1.15 bits per heavy atom. The molecule has 0 aliphatic heterocycles. The predicted octanol–water partition coefficient (Wildman–Crippen LogP) is 10.1. The minimum absolute atomic E-state index is 0.160.